The van der Waals surface area contributed by atoms with E-state index in [9.17, 15) is 9.59 Å². The number of benzene rings is 1. The van der Waals surface area contributed by atoms with Crippen molar-refractivity contribution in [3.8, 4) is 5.69 Å². The molecule has 0 radical (unpaired) electrons. The molecule has 0 saturated carbocycles. The standard InChI is InChI=1S/C20H25N3O3/c1-13(2)14(3)21-18(24)12-26-20(25)19-16-10-7-11-17(16)23(22-19)15-8-5-4-6-9-15/h4-6,8-9,13-14H,7,10-12H2,1-3H3,(H,21,24)/t14-/m0/s1. The van der Waals surface area contributed by atoms with Gasteiger partial charge in [-0.15, -0.1) is 0 Å². The first kappa shape index (κ1) is 18.2. The summed E-state index contributed by atoms with van der Waals surface area (Å²) >= 11 is 0. The van der Waals surface area contributed by atoms with Gasteiger partial charge in [-0.25, -0.2) is 9.48 Å². The topological polar surface area (TPSA) is 73.2 Å². The fourth-order valence-electron chi connectivity index (χ4n) is 3.05. The summed E-state index contributed by atoms with van der Waals surface area (Å²) in [5.41, 5.74) is 3.25. The summed E-state index contributed by atoms with van der Waals surface area (Å²) in [5.74, 6) is -0.511. The highest BCUT2D eigenvalue weighted by atomic mass is 16.5. The molecule has 2 aromatic rings. The number of hydrogen-bond donors (Lipinski definition) is 1. The number of fused-ring (bicyclic) bond motifs is 1. The molecule has 6 nitrogen and oxygen atoms in total. The van der Waals surface area contributed by atoms with Crippen molar-refractivity contribution in [1.29, 1.82) is 0 Å². The number of carbonyl (C=O) groups excluding carboxylic acids is 2. The SMILES string of the molecule is CC(C)[C@H](C)NC(=O)COC(=O)c1nn(-c2ccccc2)c2c1CCC2. The number of nitrogens with one attached hydrogen (secondary N) is 1. The van der Waals surface area contributed by atoms with Crippen LogP contribution in [0.1, 0.15) is 48.9 Å². The number of ether oxygens (including phenoxy) is 1. The van der Waals surface area contributed by atoms with E-state index in [2.05, 4.69) is 10.4 Å². The van der Waals surface area contributed by atoms with Crippen molar-refractivity contribution in [3.63, 3.8) is 0 Å². The Morgan fingerprint density at radius 3 is 2.62 bits per heavy atom. The molecule has 26 heavy (non-hydrogen) atoms. The molecule has 1 heterocycles. The third-order valence-corrected chi connectivity index (χ3v) is 4.85. The molecule has 1 amide bonds. The smallest absolute Gasteiger partial charge is 0.359 e. The van der Waals surface area contributed by atoms with Gasteiger partial charge in [-0.05, 0) is 44.2 Å². The maximum Gasteiger partial charge on any atom is 0.359 e. The molecule has 1 N–H and O–H groups in total. The van der Waals surface area contributed by atoms with E-state index in [1.807, 2.05) is 55.8 Å². The summed E-state index contributed by atoms with van der Waals surface area (Å²) < 4.78 is 7.04. The molecule has 138 valence electrons. The molecular formula is C20H25N3O3. The van der Waals surface area contributed by atoms with Gasteiger partial charge in [-0.2, -0.15) is 5.10 Å². The number of aromatic nitrogens is 2. The second-order valence-electron chi connectivity index (χ2n) is 7.05. The molecule has 0 fully saturated rings. The normalized spacial score (nSPS) is 14.2. The molecule has 0 spiro atoms. The lowest BCUT2D eigenvalue weighted by atomic mass is 10.1. The maximum atomic E-state index is 12.5. The third-order valence-electron chi connectivity index (χ3n) is 4.85. The Kier molecular flexibility index (Phi) is 5.40. The molecule has 0 bridgehead atoms. The summed E-state index contributed by atoms with van der Waals surface area (Å²) in [7, 11) is 0. The Balaban J connectivity index is 1.72. The predicted octanol–water partition coefficient (Wildman–Crippen LogP) is 2.68. The van der Waals surface area contributed by atoms with Gasteiger partial charge in [0.1, 0.15) is 0 Å². The van der Waals surface area contributed by atoms with Crippen LogP contribution >= 0.6 is 0 Å². The Morgan fingerprint density at radius 1 is 1.19 bits per heavy atom. The zero-order valence-electron chi connectivity index (χ0n) is 15.5. The van der Waals surface area contributed by atoms with Gasteiger partial charge in [0.05, 0.1) is 5.69 Å². The zero-order valence-corrected chi connectivity index (χ0v) is 15.5. The van der Waals surface area contributed by atoms with Gasteiger partial charge in [-0.3, -0.25) is 4.79 Å². The van der Waals surface area contributed by atoms with Crippen molar-refractivity contribution in [3.05, 3.63) is 47.3 Å². The van der Waals surface area contributed by atoms with Gasteiger partial charge in [0.25, 0.3) is 5.91 Å². The molecule has 1 aromatic carbocycles. The number of esters is 1. The van der Waals surface area contributed by atoms with Crippen LogP contribution in [0.2, 0.25) is 0 Å². The van der Waals surface area contributed by atoms with Crippen LogP contribution in [0.15, 0.2) is 30.3 Å². The van der Waals surface area contributed by atoms with E-state index < -0.39 is 5.97 Å². The highest BCUT2D eigenvalue weighted by Crippen LogP contribution is 2.28. The van der Waals surface area contributed by atoms with Crippen LogP contribution in [0.3, 0.4) is 0 Å². The molecule has 6 heteroatoms. The van der Waals surface area contributed by atoms with Crippen molar-refractivity contribution in [1.82, 2.24) is 15.1 Å². The molecule has 1 aliphatic rings. The van der Waals surface area contributed by atoms with Gasteiger partial charge < -0.3 is 10.1 Å². The molecule has 0 saturated heterocycles. The van der Waals surface area contributed by atoms with Crippen molar-refractivity contribution in [2.24, 2.45) is 5.92 Å². The Morgan fingerprint density at radius 2 is 1.92 bits per heavy atom. The first-order valence-electron chi connectivity index (χ1n) is 9.10. The van der Waals surface area contributed by atoms with E-state index in [0.29, 0.717) is 11.6 Å². The van der Waals surface area contributed by atoms with Crippen LogP contribution in [0.5, 0.6) is 0 Å². The Labute approximate surface area is 153 Å². The molecule has 0 unspecified atom stereocenters. The zero-order chi connectivity index (χ0) is 18.7. The minimum absolute atomic E-state index is 0.0303. The maximum absolute atomic E-state index is 12.5. The summed E-state index contributed by atoms with van der Waals surface area (Å²) in [5, 5.41) is 7.31. The van der Waals surface area contributed by atoms with Gasteiger partial charge in [0, 0.05) is 17.3 Å². The van der Waals surface area contributed by atoms with E-state index in [1.54, 1.807) is 0 Å². The lowest BCUT2D eigenvalue weighted by Crippen LogP contribution is -2.38. The summed E-state index contributed by atoms with van der Waals surface area (Å²) in [6, 6.07) is 9.78. The van der Waals surface area contributed by atoms with Gasteiger partial charge in [-0.1, -0.05) is 32.0 Å². The molecular weight excluding hydrogens is 330 g/mol. The van der Waals surface area contributed by atoms with E-state index >= 15 is 0 Å². The number of hydrogen-bond acceptors (Lipinski definition) is 4. The minimum atomic E-state index is -0.537. The summed E-state index contributed by atoms with van der Waals surface area (Å²) in [4.78, 5) is 24.4. The number of rotatable bonds is 6. The van der Waals surface area contributed by atoms with Crippen LogP contribution in [-0.2, 0) is 22.4 Å². The van der Waals surface area contributed by atoms with Crippen molar-refractivity contribution < 1.29 is 14.3 Å². The molecule has 3 rings (SSSR count). The van der Waals surface area contributed by atoms with Crippen LogP contribution in [0.25, 0.3) is 5.69 Å². The van der Waals surface area contributed by atoms with E-state index in [0.717, 1.165) is 36.2 Å². The highest BCUT2D eigenvalue weighted by molar-refractivity contribution is 5.91. The average Bonchev–Trinajstić information content (AvgIpc) is 3.22. The Hall–Kier alpha value is -2.63. The quantitative estimate of drug-likeness (QED) is 0.809. The van der Waals surface area contributed by atoms with Crippen molar-refractivity contribution in [2.45, 2.75) is 46.1 Å². The summed E-state index contributed by atoms with van der Waals surface area (Å²) in [6.45, 7) is 5.69. The monoisotopic (exact) mass is 355 g/mol. The minimum Gasteiger partial charge on any atom is -0.451 e. The molecule has 0 aliphatic heterocycles. The largest absolute Gasteiger partial charge is 0.451 e. The van der Waals surface area contributed by atoms with Crippen LogP contribution in [0.4, 0.5) is 0 Å². The lowest BCUT2D eigenvalue weighted by Gasteiger charge is -2.17. The number of nitrogens with zero attached hydrogens (tertiary/aromatic N) is 2. The molecule has 1 aliphatic carbocycles. The number of carbonyl (C=O) groups is 2. The second kappa shape index (κ2) is 7.72. The first-order valence-corrected chi connectivity index (χ1v) is 9.10. The predicted molar refractivity (Wildman–Crippen MR) is 98.3 cm³/mol. The third kappa shape index (κ3) is 3.79. The van der Waals surface area contributed by atoms with Crippen LogP contribution < -0.4 is 5.32 Å². The fraction of sp³-hybridized carbons (Fsp3) is 0.450. The van der Waals surface area contributed by atoms with E-state index in [-0.39, 0.29) is 18.6 Å². The van der Waals surface area contributed by atoms with Gasteiger partial charge in [0.2, 0.25) is 0 Å². The molecule has 1 aromatic heterocycles. The Bertz CT molecular complexity index is 796. The van der Waals surface area contributed by atoms with Gasteiger partial charge in [0.15, 0.2) is 12.3 Å². The number of para-hydroxylation sites is 1. The molecule has 1 atom stereocenters. The highest BCUT2D eigenvalue weighted by Gasteiger charge is 2.28. The fourth-order valence-corrected chi connectivity index (χ4v) is 3.05. The van der Waals surface area contributed by atoms with Crippen molar-refractivity contribution in [2.75, 3.05) is 6.61 Å². The van der Waals surface area contributed by atoms with Crippen LogP contribution in [0, 0.1) is 5.92 Å². The second-order valence-corrected chi connectivity index (χ2v) is 7.05. The van der Waals surface area contributed by atoms with E-state index in [4.69, 9.17) is 4.74 Å². The van der Waals surface area contributed by atoms with Crippen LogP contribution in [-0.4, -0.2) is 34.3 Å². The average molecular weight is 355 g/mol. The van der Waals surface area contributed by atoms with Gasteiger partial charge >= 0.3 is 5.97 Å². The lowest BCUT2D eigenvalue weighted by molar-refractivity contribution is -0.125. The van der Waals surface area contributed by atoms with E-state index in [1.165, 1.54) is 0 Å². The summed E-state index contributed by atoms with van der Waals surface area (Å²) in [6.07, 6.45) is 2.69. The number of amides is 1. The van der Waals surface area contributed by atoms with Crippen molar-refractivity contribution >= 4 is 11.9 Å². The first-order chi connectivity index (χ1) is 12.5.